The van der Waals surface area contributed by atoms with E-state index in [1.54, 1.807) is 18.2 Å². The lowest BCUT2D eigenvalue weighted by atomic mass is 10.2. The van der Waals surface area contributed by atoms with Crippen molar-refractivity contribution in [1.29, 1.82) is 0 Å². The summed E-state index contributed by atoms with van der Waals surface area (Å²) in [5.74, 6) is 0.182. The number of alkyl halides is 3. The Balaban J connectivity index is 1.75. The molecule has 0 aliphatic carbocycles. The van der Waals surface area contributed by atoms with Crippen LogP contribution in [0.5, 0.6) is 0 Å². The maximum Gasteiger partial charge on any atom is 0.418 e. The quantitative estimate of drug-likeness (QED) is 0.904. The third-order valence-electron chi connectivity index (χ3n) is 3.65. The van der Waals surface area contributed by atoms with Crippen LogP contribution in [0.15, 0.2) is 53.2 Å². The molecule has 0 bridgehead atoms. The molecule has 3 rings (SSSR count). The molecule has 1 N–H and O–H groups in total. The van der Waals surface area contributed by atoms with E-state index < -0.39 is 11.7 Å². The summed E-state index contributed by atoms with van der Waals surface area (Å²) in [5.41, 5.74) is -0.579. The molecule has 1 aromatic rings. The zero-order valence-electron chi connectivity index (χ0n) is 13.2. The second kappa shape index (κ2) is 7.16. The van der Waals surface area contributed by atoms with Gasteiger partial charge in [-0.15, -0.1) is 0 Å². The number of nitrogens with zero attached hydrogens (tertiary/aromatic N) is 3. The fourth-order valence-corrected chi connectivity index (χ4v) is 2.41. The van der Waals surface area contributed by atoms with Crippen molar-refractivity contribution in [2.45, 2.75) is 6.18 Å². The van der Waals surface area contributed by atoms with E-state index in [1.165, 1.54) is 23.3 Å². The highest BCUT2D eigenvalue weighted by Crippen LogP contribution is 2.36. The minimum atomic E-state index is -4.49. The standard InChI is InChI=1S/C16H16F3N4O2/c17-16(18,19)13-6-1-2-7-14(13)21-15-20-8-10-23(15)25-11-12-5-3-4-9-22(12)24/h1-7H,8-11H2,(H,20,21). The van der Waals surface area contributed by atoms with Gasteiger partial charge in [-0.3, -0.25) is 4.84 Å². The van der Waals surface area contributed by atoms with Crippen molar-refractivity contribution < 1.29 is 23.2 Å². The number of para-hydroxylation sites is 1. The monoisotopic (exact) mass is 353 g/mol. The van der Waals surface area contributed by atoms with E-state index in [0.717, 1.165) is 11.1 Å². The number of halogens is 3. The molecule has 1 radical (unpaired) electrons. The van der Waals surface area contributed by atoms with Crippen LogP contribution in [0.4, 0.5) is 18.9 Å². The van der Waals surface area contributed by atoms with Gasteiger partial charge in [0.15, 0.2) is 0 Å². The predicted octanol–water partition coefficient (Wildman–Crippen LogP) is 2.63. The number of nitrogens with one attached hydrogen (secondary N) is 1. The number of rotatable bonds is 4. The van der Waals surface area contributed by atoms with Gasteiger partial charge in [0.2, 0.25) is 5.96 Å². The topological polar surface area (TPSA) is 60.0 Å². The molecule has 6 nitrogen and oxygen atoms in total. The van der Waals surface area contributed by atoms with Gasteiger partial charge in [0.25, 0.3) is 0 Å². The van der Waals surface area contributed by atoms with Gasteiger partial charge in [-0.25, -0.2) is 15.1 Å². The molecule has 1 fully saturated rings. The molecule has 1 saturated heterocycles. The maximum absolute atomic E-state index is 13.1. The first-order valence-electron chi connectivity index (χ1n) is 7.65. The molecule has 9 heteroatoms. The molecule has 0 unspecified atom stereocenters. The Morgan fingerprint density at radius 1 is 1.28 bits per heavy atom. The number of aliphatic imine (C=N–C) groups is 1. The first-order valence-corrected chi connectivity index (χ1v) is 7.65. The number of hydrogen-bond donors (Lipinski definition) is 1. The minimum Gasteiger partial charge on any atom is -0.352 e. The first-order chi connectivity index (χ1) is 11.9. The summed E-state index contributed by atoms with van der Waals surface area (Å²) in [6.45, 7) is 1.14. The lowest BCUT2D eigenvalue weighted by Crippen LogP contribution is -2.33. The van der Waals surface area contributed by atoms with E-state index in [9.17, 15) is 18.4 Å². The summed E-state index contributed by atoms with van der Waals surface area (Å²) < 4.78 is 39.2. The van der Waals surface area contributed by atoms with E-state index in [4.69, 9.17) is 4.84 Å². The van der Waals surface area contributed by atoms with E-state index in [2.05, 4.69) is 10.3 Å². The van der Waals surface area contributed by atoms with Crippen LogP contribution in [0.2, 0.25) is 0 Å². The number of allylic oxidation sites excluding steroid dienone is 2. The third kappa shape index (κ3) is 4.12. The fourth-order valence-electron chi connectivity index (χ4n) is 2.41. The van der Waals surface area contributed by atoms with Gasteiger partial charge in [-0.1, -0.05) is 29.5 Å². The van der Waals surface area contributed by atoms with Crippen LogP contribution in [-0.4, -0.2) is 42.3 Å². The zero-order chi connectivity index (χ0) is 17.9. The average molecular weight is 353 g/mol. The Kier molecular flexibility index (Phi) is 4.95. The van der Waals surface area contributed by atoms with Crippen LogP contribution in [-0.2, 0) is 16.2 Å². The van der Waals surface area contributed by atoms with Crippen LogP contribution in [0.25, 0.3) is 0 Å². The highest BCUT2D eigenvalue weighted by molar-refractivity contribution is 5.84. The molecular formula is C16H16F3N4O2. The Morgan fingerprint density at radius 3 is 2.84 bits per heavy atom. The molecule has 2 aliphatic heterocycles. The minimum absolute atomic E-state index is 0.00938. The average Bonchev–Trinajstić information content (AvgIpc) is 3.01. The maximum atomic E-state index is 13.1. The molecule has 2 aliphatic rings. The van der Waals surface area contributed by atoms with Crippen LogP contribution in [0, 0.1) is 0 Å². The first kappa shape index (κ1) is 17.3. The Labute approximate surface area is 142 Å². The van der Waals surface area contributed by atoms with Gasteiger partial charge >= 0.3 is 6.18 Å². The van der Waals surface area contributed by atoms with Crippen molar-refractivity contribution in [3.63, 3.8) is 0 Å². The summed E-state index contributed by atoms with van der Waals surface area (Å²) >= 11 is 0. The molecule has 0 atom stereocenters. The second-order valence-electron chi connectivity index (χ2n) is 5.40. The normalized spacial score (nSPS) is 19.4. The largest absolute Gasteiger partial charge is 0.418 e. The smallest absolute Gasteiger partial charge is 0.352 e. The Morgan fingerprint density at radius 2 is 2.08 bits per heavy atom. The highest BCUT2D eigenvalue weighted by atomic mass is 19.4. The lowest BCUT2D eigenvalue weighted by molar-refractivity contribution is -0.148. The third-order valence-corrected chi connectivity index (χ3v) is 3.65. The van der Waals surface area contributed by atoms with Gasteiger partial charge in [0.1, 0.15) is 6.61 Å². The summed E-state index contributed by atoms with van der Waals surface area (Å²) in [7, 11) is 0. The number of hydroxylamine groups is 4. The lowest BCUT2D eigenvalue weighted by Gasteiger charge is -2.22. The number of guanidine groups is 1. The summed E-state index contributed by atoms with van der Waals surface area (Å²) in [6.07, 6.45) is 0.613. The molecular weight excluding hydrogens is 337 g/mol. The van der Waals surface area contributed by atoms with Crippen LogP contribution in [0.1, 0.15) is 5.56 Å². The SMILES string of the molecule is [O]N1CC=CC=C1CON1CCNC1=Nc1ccccc1C(F)(F)F. The van der Waals surface area contributed by atoms with Crippen LogP contribution in [0.3, 0.4) is 0 Å². The summed E-state index contributed by atoms with van der Waals surface area (Å²) in [4.78, 5) is 9.59. The molecule has 1 aromatic carbocycles. The van der Waals surface area contributed by atoms with Gasteiger partial charge in [-0.2, -0.15) is 13.2 Å². The van der Waals surface area contributed by atoms with E-state index in [-0.39, 0.29) is 24.8 Å². The van der Waals surface area contributed by atoms with Gasteiger partial charge in [0.05, 0.1) is 30.0 Å². The number of hydrogen-bond acceptors (Lipinski definition) is 3. The molecule has 0 spiro atoms. The molecule has 25 heavy (non-hydrogen) atoms. The number of benzene rings is 1. The molecule has 0 amide bonds. The van der Waals surface area contributed by atoms with Crippen molar-refractivity contribution >= 4 is 11.6 Å². The zero-order valence-corrected chi connectivity index (χ0v) is 13.2. The summed E-state index contributed by atoms with van der Waals surface area (Å²) in [6, 6.07) is 5.08. The van der Waals surface area contributed by atoms with Crippen molar-refractivity contribution in [3.05, 3.63) is 53.8 Å². The highest BCUT2D eigenvalue weighted by Gasteiger charge is 2.33. The fraction of sp³-hybridized carbons (Fsp3) is 0.312. The van der Waals surface area contributed by atoms with Crippen LogP contribution < -0.4 is 5.32 Å². The van der Waals surface area contributed by atoms with E-state index >= 15 is 0 Å². The van der Waals surface area contributed by atoms with Gasteiger partial charge in [0, 0.05) is 6.54 Å². The van der Waals surface area contributed by atoms with Crippen molar-refractivity contribution in [2.75, 3.05) is 26.2 Å². The van der Waals surface area contributed by atoms with Crippen molar-refractivity contribution in [2.24, 2.45) is 4.99 Å². The van der Waals surface area contributed by atoms with Crippen molar-refractivity contribution in [3.8, 4) is 0 Å². The van der Waals surface area contributed by atoms with Crippen LogP contribution >= 0.6 is 0 Å². The van der Waals surface area contributed by atoms with Gasteiger partial charge in [-0.05, 0) is 18.2 Å². The molecule has 0 aromatic heterocycles. The summed E-state index contributed by atoms with van der Waals surface area (Å²) in [5, 5.41) is 16.7. The Hall–Kier alpha value is -2.52. The van der Waals surface area contributed by atoms with E-state index in [0.29, 0.717) is 18.8 Å². The molecule has 2 heterocycles. The van der Waals surface area contributed by atoms with Gasteiger partial charge < -0.3 is 5.32 Å². The molecule has 0 saturated carbocycles. The Bertz CT molecular complexity index is 716. The molecule has 133 valence electrons. The van der Waals surface area contributed by atoms with E-state index in [1.807, 2.05) is 0 Å². The van der Waals surface area contributed by atoms with Crippen molar-refractivity contribution in [1.82, 2.24) is 15.4 Å². The predicted molar refractivity (Wildman–Crippen MR) is 83.8 cm³/mol. The second-order valence-corrected chi connectivity index (χ2v) is 5.40.